The molecule has 0 radical (unpaired) electrons. The quantitative estimate of drug-likeness (QED) is 0.386. The normalized spacial score (nSPS) is 6.17. The zero-order valence-corrected chi connectivity index (χ0v) is 4.40. The van der Waals surface area contributed by atoms with E-state index in [1.807, 2.05) is 0 Å². The SMILES string of the molecule is COCC=O.[Ni]. The number of carbonyl (C=O) groups excluding carboxylic acids is 1. The molecule has 40 valence electrons. The predicted molar refractivity (Wildman–Crippen MR) is 17.9 cm³/mol. The first kappa shape index (κ1) is 9.45. The Balaban J connectivity index is 0. The van der Waals surface area contributed by atoms with Crippen molar-refractivity contribution in [2.45, 2.75) is 0 Å². The van der Waals surface area contributed by atoms with Crippen molar-refractivity contribution in [3.8, 4) is 0 Å². The van der Waals surface area contributed by atoms with Crippen LogP contribution in [0.2, 0.25) is 0 Å². The molecule has 0 rings (SSSR count). The van der Waals surface area contributed by atoms with Crippen LogP contribution in [0.15, 0.2) is 0 Å². The molecule has 0 aliphatic heterocycles. The summed E-state index contributed by atoms with van der Waals surface area (Å²) in [5, 5.41) is 0. The number of hydrogen-bond donors (Lipinski definition) is 0. The molecule has 3 heteroatoms. The van der Waals surface area contributed by atoms with E-state index < -0.39 is 0 Å². The maximum atomic E-state index is 9.28. The number of ether oxygens (including phenoxy) is 1. The second-order valence-electron chi connectivity index (χ2n) is 0.622. The van der Waals surface area contributed by atoms with Crippen LogP contribution in [-0.4, -0.2) is 20.0 Å². The average molecular weight is 133 g/mol. The van der Waals surface area contributed by atoms with E-state index in [9.17, 15) is 4.79 Å². The Labute approximate surface area is 46.8 Å². The zero-order valence-electron chi connectivity index (χ0n) is 3.42. The summed E-state index contributed by atoms with van der Waals surface area (Å²) in [6, 6.07) is 0. The van der Waals surface area contributed by atoms with Gasteiger partial charge in [-0.15, -0.1) is 0 Å². The van der Waals surface area contributed by atoms with Gasteiger partial charge in [0.15, 0.2) is 0 Å². The Morgan fingerprint density at radius 3 is 2.33 bits per heavy atom. The molecule has 0 amide bonds. The van der Waals surface area contributed by atoms with Crippen LogP contribution < -0.4 is 0 Å². The van der Waals surface area contributed by atoms with Gasteiger partial charge in [-0.2, -0.15) is 0 Å². The van der Waals surface area contributed by atoms with Crippen LogP contribution in [0.25, 0.3) is 0 Å². The van der Waals surface area contributed by atoms with Crippen molar-refractivity contribution in [3.05, 3.63) is 0 Å². The maximum absolute atomic E-state index is 9.28. The van der Waals surface area contributed by atoms with Crippen LogP contribution in [-0.2, 0) is 26.0 Å². The fraction of sp³-hybridized carbons (Fsp3) is 0.667. The van der Waals surface area contributed by atoms with Crippen molar-refractivity contribution in [1.82, 2.24) is 0 Å². The summed E-state index contributed by atoms with van der Waals surface area (Å²) in [7, 11) is 1.48. The van der Waals surface area contributed by atoms with E-state index in [2.05, 4.69) is 4.74 Å². The van der Waals surface area contributed by atoms with Crippen molar-refractivity contribution < 1.29 is 26.0 Å². The van der Waals surface area contributed by atoms with Gasteiger partial charge in [0.2, 0.25) is 0 Å². The van der Waals surface area contributed by atoms with E-state index in [0.29, 0.717) is 6.29 Å². The van der Waals surface area contributed by atoms with Crippen LogP contribution >= 0.6 is 0 Å². The van der Waals surface area contributed by atoms with E-state index in [1.54, 1.807) is 0 Å². The number of methoxy groups -OCH3 is 1. The van der Waals surface area contributed by atoms with Crippen molar-refractivity contribution in [3.63, 3.8) is 0 Å². The molecule has 2 nitrogen and oxygen atoms in total. The summed E-state index contributed by atoms with van der Waals surface area (Å²) in [6.45, 7) is 0.208. The second-order valence-corrected chi connectivity index (χ2v) is 0.622. The first-order chi connectivity index (χ1) is 2.41. The van der Waals surface area contributed by atoms with Crippen LogP contribution in [0.4, 0.5) is 0 Å². The van der Waals surface area contributed by atoms with E-state index in [-0.39, 0.29) is 23.1 Å². The molecule has 0 aromatic heterocycles. The minimum atomic E-state index is 0. The molecule has 0 heterocycles. The molecule has 0 atom stereocenters. The molecule has 0 aromatic carbocycles. The number of aldehydes is 1. The van der Waals surface area contributed by atoms with Gasteiger partial charge in [-0.1, -0.05) is 0 Å². The third kappa shape index (κ3) is 8.92. The predicted octanol–water partition coefficient (Wildman–Crippen LogP) is -0.171. The molecule has 0 saturated heterocycles. The number of hydrogen-bond acceptors (Lipinski definition) is 2. The monoisotopic (exact) mass is 132 g/mol. The van der Waals surface area contributed by atoms with Gasteiger partial charge in [-0.25, -0.2) is 0 Å². The molecule has 0 fully saturated rings. The van der Waals surface area contributed by atoms with Gasteiger partial charge in [0, 0.05) is 23.6 Å². The van der Waals surface area contributed by atoms with Gasteiger partial charge >= 0.3 is 0 Å². The van der Waals surface area contributed by atoms with Crippen LogP contribution in [0.5, 0.6) is 0 Å². The van der Waals surface area contributed by atoms with E-state index in [4.69, 9.17) is 0 Å². The van der Waals surface area contributed by atoms with Crippen molar-refractivity contribution in [1.29, 1.82) is 0 Å². The van der Waals surface area contributed by atoms with Crippen LogP contribution in [0.3, 0.4) is 0 Å². The van der Waals surface area contributed by atoms with Gasteiger partial charge in [0.25, 0.3) is 0 Å². The molecular formula is C3H6NiO2. The van der Waals surface area contributed by atoms with E-state index in [0.717, 1.165) is 0 Å². The van der Waals surface area contributed by atoms with Crippen molar-refractivity contribution in [2.24, 2.45) is 0 Å². The third-order valence-corrected chi connectivity index (χ3v) is 0.235. The molecule has 0 bridgehead atoms. The molecule has 6 heavy (non-hydrogen) atoms. The fourth-order valence-electron chi connectivity index (χ4n) is 0.0680. The fourth-order valence-corrected chi connectivity index (χ4v) is 0.0680. The Morgan fingerprint density at radius 2 is 2.33 bits per heavy atom. The van der Waals surface area contributed by atoms with Gasteiger partial charge in [0.1, 0.15) is 12.9 Å². The molecule has 0 unspecified atom stereocenters. The molecular weight excluding hydrogens is 127 g/mol. The zero-order chi connectivity index (χ0) is 4.12. The topological polar surface area (TPSA) is 26.3 Å². The van der Waals surface area contributed by atoms with Crippen molar-refractivity contribution >= 4 is 6.29 Å². The van der Waals surface area contributed by atoms with Gasteiger partial charge in [-0.05, 0) is 0 Å². The Morgan fingerprint density at radius 1 is 1.83 bits per heavy atom. The largest absolute Gasteiger partial charge is 0.377 e. The number of carbonyl (C=O) groups is 1. The summed E-state index contributed by atoms with van der Waals surface area (Å²) >= 11 is 0. The molecule has 0 saturated carbocycles. The van der Waals surface area contributed by atoms with Gasteiger partial charge in [-0.3, -0.25) is 0 Å². The molecule has 0 N–H and O–H groups in total. The van der Waals surface area contributed by atoms with Crippen LogP contribution in [0.1, 0.15) is 0 Å². The minimum Gasteiger partial charge on any atom is -0.377 e. The van der Waals surface area contributed by atoms with Gasteiger partial charge in [0.05, 0.1) is 0 Å². The molecule has 0 aromatic rings. The first-order valence-corrected chi connectivity index (χ1v) is 1.34. The maximum Gasteiger partial charge on any atom is 0.145 e. The Bertz CT molecular complexity index is 30.0. The molecule has 0 spiro atoms. The smallest absolute Gasteiger partial charge is 0.145 e. The molecule has 0 aliphatic carbocycles. The standard InChI is InChI=1S/C3H6O2.Ni/c1-5-3-2-4;/h2H,3H2,1H3;. The van der Waals surface area contributed by atoms with Crippen molar-refractivity contribution in [2.75, 3.05) is 13.7 Å². The van der Waals surface area contributed by atoms with E-state index >= 15 is 0 Å². The first-order valence-electron chi connectivity index (χ1n) is 1.34. The average Bonchev–Trinajstić information content (AvgIpc) is 1.41. The summed E-state index contributed by atoms with van der Waals surface area (Å²) in [5.74, 6) is 0. The summed E-state index contributed by atoms with van der Waals surface area (Å²) in [5.41, 5.74) is 0. The third-order valence-electron chi connectivity index (χ3n) is 0.235. The summed E-state index contributed by atoms with van der Waals surface area (Å²) in [6.07, 6.45) is 0.708. The minimum absolute atomic E-state index is 0. The Kier molecular flexibility index (Phi) is 14.1. The van der Waals surface area contributed by atoms with Crippen LogP contribution in [0, 0.1) is 0 Å². The van der Waals surface area contributed by atoms with E-state index in [1.165, 1.54) is 7.11 Å². The molecule has 0 aliphatic rings. The van der Waals surface area contributed by atoms with Gasteiger partial charge < -0.3 is 9.53 Å². The summed E-state index contributed by atoms with van der Waals surface area (Å²) < 4.78 is 4.32. The second kappa shape index (κ2) is 8.93. The number of rotatable bonds is 2. The Hall–Kier alpha value is 0.124. The summed E-state index contributed by atoms with van der Waals surface area (Å²) in [4.78, 5) is 9.28.